The number of aryl methyl sites for hydroxylation is 1. The van der Waals surface area contributed by atoms with Gasteiger partial charge in [-0.05, 0) is 43.6 Å². The zero-order chi connectivity index (χ0) is 14.7. The average molecular weight is 299 g/mol. The van der Waals surface area contributed by atoms with Crippen molar-refractivity contribution >= 4 is 17.6 Å². The lowest BCUT2D eigenvalue weighted by molar-refractivity contribution is 0.665. The number of anilines is 1. The SMILES string of the molecule is CCSc1ccc(-c2nc3c(c(NC)n2)CCCC3)cc1. The van der Waals surface area contributed by atoms with Crippen LogP contribution in [0.4, 0.5) is 5.82 Å². The van der Waals surface area contributed by atoms with Gasteiger partial charge >= 0.3 is 0 Å². The van der Waals surface area contributed by atoms with E-state index in [2.05, 4.69) is 36.5 Å². The predicted octanol–water partition coefficient (Wildman–Crippen LogP) is 4.18. The molecule has 0 fully saturated rings. The Morgan fingerprint density at radius 3 is 2.57 bits per heavy atom. The monoisotopic (exact) mass is 299 g/mol. The minimum atomic E-state index is 0.841. The van der Waals surface area contributed by atoms with Crippen molar-refractivity contribution in [3.05, 3.63) is 35.5 Å². The van der Waals surface area contributed by atoms with Crippen molar-refractivity contribution in [3.8, 4) is 11.4 Å². The van der Waals surface area contributed by atoms with E-state index in [1.807, 2.05) is 18.8 Å². The van der Waals surface area contributed by atoms with E-state index < -0.39 is 0 Å². The minimum Gasteiger partial charge on any atom is -0.373 e. The molecule has 2 aromatic rings. The molecular weight excluding hydrogens is 278 g/mol. The van der Waals surface area contributed by atoms with Crippen LogP contribution in [0.25, 0.3) is 11.4 Å². The molecule has 110 valence electrons. The smallest absolute Gasteiger partial charge is 0.161 e. The van der Waals surface area contributed by atoms with E-state index in [-0.39, 0.29) is 0 Å². The molecule has 0 saturated carbocycles. The molecule has 1 N–H and O–H groups in total. The molecule has 1 aromatic carbocycles. The fourth-order valence-corrected chi connectivity index (χ4v) is 3.46. The second-order valence-corrected chi connectivity index (χ2v) is 6.57. The lowest BCUT2D eigenvalue weighted by Gasteiger charge is -2.18. The second-order valence-electron chi connectivity index (χ2n) is 5.24. The molecule has 1 aromatic heterocycles. The molecule has 4 heteroatoms. The fourth-order valence-electron chi connectivity index (χ4n) is 2.80. The van der Waals surface area contributed by atoms with Crippen LogP contribution < -0.4 is 5.32 Å². The van der Waals surface area contributed by atoms with Gasteiger partial charge < -0.3 is 5.32 Å². The standard InChI is InChI=1S/C17H21N3S/c1-3-21-13-10-8-12(9-11-13)16-19-15-7-5-4-6-14(15)17(18-2)20-16/h8-11H,3-7H2,1-2H3,(H,18,19,20). The molecule has 3 rings (SSSR count). The van der Waals surface area contributed by atoms with Crippen molar-refractivity contribution < 1.29 is 0 Å². The number of nitrogens with one attached hydrogen (secondary N) is 1. The molecule has 0 aliphatic heterocycles. The van der Waals surface area contributed by atoms with Crippen LogP contribution in [0.1, 0.15) is 31.0 Å². The Morgan fingerprint density at radius 2 is 1.86 bits per heavy atom. The zero-order valence-electron chi connectivity index (χ0n) is 12.6. The summed E-state index contributed by atoms with van der Waals surface area (Å²) in [5.74, 6) is 2.94. The molecule has 1 heterocycles. The van der Waals surface area contributed by atoms with Crippen LogP contribution >= 0.6 is 11.8 Å². The van der Waals surface area contributed by atoms with Crippen LogP contribution in [-0.2, 0) is 12.8 Å². The highest BCUT2D eigenvalue weighted by Gasteiger charge is 2.17. The highest BCUT2D eigenvalue weighted by molar-refractivity contribution is 7.99. The third-order valence-electron chi connectivity index (χ3n) is 3.84. The van der Waals surface area contributed by atoms with Gasteiger partial charge in [0.1, 0.15) is 5.82 Å². The number of benzene rings is 1. The molecule has 0 bridgehead atoms. The highest BCUT2D eigenvalue weighted by atomic mass is 32.2. The van der Waals surface area contributed by atoms with Gasteiger partial charge in [-0.1, -0.05) is 19.1 Å². The van der Waals surface area contributed by atoms with Crippen molar-refractivity contribution in [1.82, 2.24) is 9.97 Å². The molecule has 21 heavy (non-hydrogen) atoms. The van der Waals surface area contributed by atoms with E-state index in [0.29, 0.717) is 0 Å². The first-order valence-corrected chi connectivity index (χ1v) is 8.61. The molecule has 0 amide bonds. The number of thioether (sulfide) groups is 1. The third-order valence-corrected chi connectivity index (χ3v) is 4.74. The summed E-state index contributed by atoms with van der Waals surface area (Å²) in [4.78, 5) is 10.8. The Balaban J connectivity index is 1.98. The molecule has 1 aliphatic rings. The van der Waals surface area contributed by atoms with Crippen LogP contribution in [0, 0.1) is 0 Å². The fraction of sp³-hybridized carbons (Fsp3) is 0.412. The molecule has 3 nitrogen and oxygen atoms in total. The number of fused-ring (bicyclic) bond motifs is 1. The molecule has 0 atom stereocenters. The maximum absolute atomic E-state index is 4.81. The van der Waals surface area contributed by atoms with Crippen molar-refractivity contribution in [2.45, 2.75) is 37.5 Å². The van der Waals surface area contributed by atoms with Gasteiger partial charge in [0.25, 0.3) is 0 Å². The van der Waals surface area contributed by atoms with E-state index in [1.54, 1.807) is 0 Å². The van der Waals surface area contributed by atoms with Gasteiger partial charge in [-0.2, -0.15) is 0 Å². The lowest BCUT2D eigenvalue weighted by Crippen LogP contribution is -2.11. The summed E-state index contributed by atoms with van der Waals surface area (Å²) in [6, 6.07) is 8.57. The van der Waals surface area contributed by atoms with E-state index >= 15 is 0 Å². The summed E-state index contributed by atoms with van der Waals surface area (Å²) in [6.07, 6.45) is 4.65. The summed E-state index contributed by atoms with van der Waals surface area (Å²) >= 11 is 1.86. The van der Waals surface area contributed by atoms with Gasteiger partial charge in [0.05, 0.1) is 0 Å². The summed E-state index contributed by atoms with van der Waals surface area (Å²) in [5, 5.41) is 3.24. The first-order valence-electron chi connectivity index (χ1n) is 7.62. The normalized spacial score (nSPS) is 13.8. The van der Waals surface area contributed by atoms with E-state index in [9.17, 15) is 0 Å². The summed E-state index contributed by atoms with van der Waals surface area (Å²) in [7, 11) is 1.95. The Kier molecular flexibility index (Phi) is 4.44. The second kappa shape index (κ2) is 6.48. The molecule has 0 saturated heterocycles. The van der Waals surface area contributed by atoms with E-state index in [0.717, 1.165) is 35.8 Å². The number of rotatable bonds is 4. The quantitative estimate of drug-likeness (QED) is 0.860. The van der Waals surface area contributed by atoms with Crippen LogP contribution in [0.15, 0.2) is 29.2 Å². The van der Waals surface area contributed by atoms with Crippen LogP contribution in [0.2, 0.25) is 0 Å². The van der Waals surface area contributed by atoms with Crippen molar-refractivity contribution in [1.29, 1.82) is 0 Å². The van der Waals surface area contributed by atoms with Gasteiger partial charge in [-0.15, -0.1) is 11.8 Å². The maximum atomic E-state index is 4.81. The Hall–Kier alpha value is -1.55. The number of aromatic nitrogens is 2. The van der Waals surface area contributed by atoms with Gasteiger partial charge in [-0.25, -0.2) is 9.97 Å². The summed E-state index contributed by atoms with van der Waals surface area (Å²) in [5.41, 5.74) is 3.63. The van der Waals surface area contributed by atoms with Crippen LogP contribution in [0.3, 0.4) is 0 Å². The van der Waals surface area contributed by atoms with E-state index in [1.165, 1.54) is 29.0 Å². The Morgan fingerprint density at radius 1 is 1.10 bits per heavy atom. The van der Waals surface area contributed by atoms with Crippen LogP contribution in [0.5, 0.6) is 0 Å². The van der Waals surface area contributed by atoms with Gasteiger partial charge in [-0.3, -0.25) is 0 Å². The highest BCUT2D eigenvalue weighted by Crippen LogP contribution is 2.29. The van der Waals surface area contributed by atoms with Crippen LogP contribution in [-0.4, -0.2) is 22.8 Å². The number of nitrogens with zero attached hydrogens (tertiary/aromatic N) is 2. The first kappa shape index (κ1) is 14.4. The largest absolute Gasteiger partial charge is 0.373 e. The van der Waals surface area contributed by atoms with Gasteiger partial charge in [0.2, 0.25) is 0 Å². The Labute approximate surface area is 130 Å². The number of hydrogen-bond acceptors (Lipinski definition) is 4. The average Bonchev–Trinajstić information content (AvgIpc) is 2.55. The zero-order valence-corrected chi connectivity index (χ0v) is 13.5. The van der Waals surface area contributed by atoms with Gasteiger partial charge in [0.15, 0.2) is 5.82 Å². The molecule has 1 aliphatic carbocycles. The topological polar surface area (TPSA) is 37.8 Å². The molecule has 0 radical (unpaired) electrons. The maximum Gasteiger partial charge on any atom is 0.161 e. The molecule has 0 spiro atoms. The van der Waals surface area contributed by atoms with Gasteiger partial charge in [0, 0.05) is 28.8 Å². The summed E-state index contributed by atoms with van der Waals surface area (Å²) in [6.45, 7) is 2.17. The van der Waals surface area contributed by atoms with Crippen molar-refractivity contribution in [2.24, 2.45) is 0 Å². The first-order chi connectivity index (χ1) is 10.3. The molecule has 0 unspecified atom stereocenters. The lowest BCUT2D eigenvalue weighted by atomic mass is 9.96. The predicted molar refractivity (Wildman–Crippen MR) is 90.1 cm³/mol. The van der Waals surface area contributed by atoms with Crippen molar-refractivity contribution in [3.63, 3.8) is 0 Å². The minimum absolute atomic E-state index is 0.841. The number of hydrogen-bond donors (Lipinski definition) is 1. The third kappa shape index (κ3) is 3.05. The van der Waals surface area contributed by atoms with E-state index in [4.69, 9.17) is 9.97 Å². The van der Waals surface area contributed by atoms with Crippen molar-refractivity contribution in [2.75, 3.05) is 18.1 Å². The Bertz CT molecular complexity index is 605. The molecular formula is C17H21N3S. The summed E-state index contributed by atoms with van der Waals surface area (Å²) < 4.78 is 0.